The lowest BCUT2D eigenvalue weighted by molar-refractivity contribution is -0.188. The number of fused-ring (bicyclic) bond motifs is 5. The maximum absolute atomic E-state index is 14.4. The van der Waals surface area contributed by atoms with Crippen LogP contribution < -0.4 is 26.6 Å². The molecule has 2 aliphatic heterocycles. The molecule has 13 nitrogen and oxygen atoms in total. The van der Waals surface area contributed by atoms with Gasteiger partial charge in [0.2, 0.25) is 5.60 Å². The Kier molecular flexibility index (Phi) is 9.72. The summed E-state index contributed by atoms with van der Waals surface area (Å²) in [6.07, 6.45) is -1.45. The molecule has 0 aliphatic carbocycles. The molecular formula is C40H46N4O9Si. The number of nitrogens with one attached hydrogen (secondary N) is 2. The van der Waals surface area contributed by atoms with E-state index in [2.05, 4.69) is 35.9 Å². The molecule has 0 radical (unpaired) electrons. The largest absolute Gasteiger partial charge is 0.457 e. The van der Waals surface area contributed by atoms with Crippen molar-refractivity contribution in [2.75, 3.05) is 11.9 Å². The second-order valence-electron chi connectivity index (χ2n) is 16.1. The van der Waals surface area contributed by atoms with Gasteiger partial charge < -0.3 is 28.8 Å². The Balaban J connectivity index is 1.48. The lowest BCUT2D eigenvalue weighted by Gasteiger charge is -2.35. The first-order valence-corrected chi connectivity index (χ1v) is 20.9. The number of pyridine rings is 2. The second kappa shape index (κ2) is 13.7. The Bertz CT molecular complexity index is 2250. The van der Waals surface area contributed by atoms with Crippen LogP contribution in [-0.4, -0.2) is 59.5 Å². The third-order valence-corrected chi connectivity index (χ3v) is 13.1. The van der Waals surface area contributed by atoms with E-state index in [1.165, 1.54) is 0 Å². The van der Waals surface area contributed by atoms with Crippen molar-refractivity contribution in [2.45, 2.75) is 97.9 Å². The van der Waals surface area contributed by atoms with Crippen molar-refractivity contribution >= 4 is 59.2 Å². The minimum atomic E-state index is -2.56. The van der Waals surface area contributed by atoms with Gasteiger partial charge in [0.15, 0.2) is 0 Å². The molecule has 2 N–H and O–H groups in total. The summed E-state index contributed by atoms with van der Waals surface area (Å²) in [5.74, 6) is -1.73. The second-order valence-corrected chi connectivity index (χ2v) is 20.4. The Labute approximate surface area is 314 Å². The van der Waals surface area contributed by atoms with E-state index in [0.717, 1.165) is 21.3 Å². The maximum atomic E-state index is 14.4. The lowest BCUT2D eigenvalue weighted by atomic mass is 9.85. The number of aromatic nitrogens is 2. The number of ether oxygens (including phenoxy) is 4. The molecule has 0 unspecified atom stereocenters. The van der Waals surface area contributed by atoms with Crippen molar-refractivity contribution < 1.29 is 38.1 Å². The summed E-state index contributed by atoms with van der Waals surface area (Å²) in [4.78, 5) is 71.3. The van der Waals surface area contributed by atoms with Crippen LogP contribution in [0.4, 0.5) is 15.3 Å². The Morgan fingerprint density at radius 2 is 1.59 bits per heavy atom. The van der Waals surface area contributed by atoms with E-state index in [0.29, 0.717) is 22.6 Å². The average Bonchev–Trinajstić information content (AvgIpc) is 3.44. The summed E-state index contributed by atoms with van der Waals surface area (Å²) in [5.41, 5.74) is -0.328. The van der Waals surface area contributed by atoms with Gasteiger partial charge in [0.25, 0.3) is 5.56 Å². The van der Waals surface area contributed by atoms with Gasteiger partial charge in [0.05, 0.1) is 29.0 Å². The molecule has 2 aliphatic rings. The highest BCUT2D eigenvalue weighted by Crippen LogP contribution is 2.41. The number of cyclic esters (lactones) is 1. The average molecular weight is 755 g/mol. The van der Waals surface area contributed by atoms with Gasteiger partial charge in [-0.2, -0.15) is 0 Å². The molecule has 4 aromatic rings. The van der Waals surface area contributed by atoms with Crippen LogP contribution in [0.5, 0.6) is 0 Å². The zero-order valence-corrected chi connectivity index (χ0v) is 33.1. The van der Waals surface area contributed by atoms with Gasteiger partial charge in [-0.15, -0.1) is 0 Å². The highest BCUT2D eigenvalue weighted by molar-refractivity contribution is 7.02. The fourth-order valence-electron chi connectivity index (χ4n) is 7.14. The fourth-order valence-corrected chi connectivity index (χ4v) is 10.3. The number of benzene rings is 2. The summed E-state index contributed by atoms with van der Waals surface area (Å²) >= 11 is 0. The standard InChI is InChI=1S/C40H46N4O9Si/c1-10-40(51-31(45)20-41-36(48)52-38(2,3)4)28-19-30-32-26(21-44(30)34(46)27(28)22-50-35(40)47)33(54(8,9)24-14-12-11-13-15-24)25-18-23(16-17-29(25)43-32)42-37(49)53-39(5,6)7/h11-19H,10,20-22H2,1-9H3,(H,41,48)(H,42,49)/t40-/m0/s1. The van der Waals surface area contributed by atoms with E-state index in [9.17, 15) is 24.0 Å². The van der Waals surface area contributed by atoms with E-state index in [1.54, 1.807) is 65.2 Å². The molecule has 2 aromatic heterocycles. The molecule has 6 rings (SSSR count). The van der Waals surface area contributed by atoms with Crippen molar-refractivity contribution in [1.29, 1.82) is 0 Å². The van der Waals surface area contributed by atoms with Crippen molar-refractivity contribution in [2.24, 2.45) is 0 Å². The van der Waals surface area contributed by atoms with Crippen LogP contribution >= 0.6 is 0 Å². The molecule has 14 heteroatoms. The van der Waals surface area contributed by atoms with Crippen LogP contribution in [0.1, 0.15) is 71.6 Å². The number of rotatable bonds is 7. The minimum absolute atomic E-state index is 0.0372. The number of esters is 2. The summed E-state index contributed by atoms with van der Waals surface area (Å²) in [6.45, 7) is 15.9. The van der Waals surface area contributed by atoms with Gasteiger partial charge in [0.1, 0.15) is 32.4 Å². The Hall–Kier alpha value is -5.50. The van der Waals surface area contributed by atoms with Crippen molar-refractivity contribution in [3.63, 3.8) is 0 Å². The van der Waals surface area contributed by atoms with E-state index in [-0.39, 0.29) is 30.7 Å². The highest BCUT2D eigenvalue weighted by atomic mass is 28.3. The first kappa shape index (κ1) is 38.2. The topological polar surface area (TPSA) is 164 Å². The summed E-state index contributed by atoms with van der Waals surface area (Å²) < 4.78 is 23.7. The Morgan fingerprint density at radius 3 is 2.24 bits per heavy atom. The number of amides is 2. The van der Waals surface area contributed by atoms with Gasteiger partial charge >= 0.3 is 24.1 Å². The number of carbonyl (C=O) groups excluding carboxylic acids is 4. The van der Waals surface area contributed by atoms with Crippen molar-refractivity contribution in [3.05, 3.63) is 81.6 Å². The monoisotopic (exact) mass is 754 g/mol. The molecule has 4 heterocycles. The van der Waals surface area contributed by atoms with Gasteiger partial charge in [0, 0.05) is 22.2 Å². The van der Waals surface area contributed by atoms with Crippen molar-refractivity contribution in [3.8, 4) is 11.4 Å². The minimum Gasteiger partial charge on any atom is -0.457 e. The van der Waals surface area contributed by atoms with Gasteiger partial charge in [-0.3, -0.25) is 14.9 Å². The van der Waals surface area contributed by atoms with Crippen LogP contribution in [-0.2, 0) is 47.3 Å². The third-order valence-electron chi connectivity index (χ3n) is 9.48. The molecule has 0 fully saturated rings. The summed E-state index contributed by atoms with van der Waals surface area (Å²) in [7, 11) is -2.56. The molecule has 0 spiro atoms. The first-order valence-electron chi connectivity index (χ1n) is 17.9. The first-order chi connectivity index (χ1) is 25.2. The number of carbonyl (C=O) groups is 4. The molecule has 2 aromatic carbocycles. The molecule has 0 saturated heterocycles. The van der Waals surface area contributed by atoms with Gasteiger partial charge in [-0.05, 0) is 77.4 Å². The predicted molar refractivity (Wildman–Crippen MR) is 206 cm³/mol. The van der Waals surface area contributed by atoms with Crippen LogP contribution in [0.3, 0.4) is 0 Å². The van der Waals surface area contributed by atoms with Crippen LogP contribution in [0.25, 0.3) is 22.3 Å². The number of alkyl carbamates (subject to hydrolysis) is 1. The van der Waals surface area contributed by atoms with Crippen LogP contribution in [0.2, 0.25) is 13.1 Å². The number of hydrogen-bond donors (Lipinski definition) is 2. The smallest absolute Gasteiger partial charge is 0.412 e. The van der Waals surface area contributed by atoms with E-state index in [1.807, 2.05) is 30.3 Å². The molecule has 0 bridgehead atoms. The summed E-state index contributed by atoms with van der Waals surface area (Å²) in [5, 5.41) is 8.24. The van der Waals surface area contributed by atoms with E-state index >= 15 is 0 Å². The molecule has 54 heavy (non-hydrogen) atoms. The van der Waals surface area contributed by atoms with Crippen LogP contribution in [0, 0.1) is 0 Å². The van der Waals surface area contributed by atoms with E-state index in [4.69, 9.17) is 23.9 Å². The summed E-state index contributed by atoms with van der Waals surface area (Å²) in [6, 6.07) is 17.4. The lowest BCUT2D eigenvalue weighted by Crippen LogP contribution is -2.54. The number of hydrogen-bond acceptors (Lipinski definition) is 10. The fraction of sp³-hybridized carbons (Fsp3) is 0.400. The molecule has 1 atom stereocenters. The number of anilines is 1. The third kappa shape index (κ3) is 7.22. The quantitative estimate of drug-likeness (QED) is 0.126. The predicted octanol–water partition coefficient (Wildman–Crippen LogP) is 5.32. The SMILES string of the molecule is CC[C@@]1(OC(=O)CNC(=O)OC(C)(C)C)C(=O)OCc2c1cc1n(c2=O)Cc2c-1nc1ccc(NC(=O)OC(C)(C)C)cc1c2[Si](C)(C)c1ccccc1. The molecule has 0 saturated carbocycles. The zero-order chi connectivity index (χ0) is 39.4. The molecule has 284 valence electrons. The Morgan fingerprint density at radius 1 is 0.926 bits per heavy atom. The van der Waals surface area contributed by atoms with Crippen LogP contribution in [0.15, 0.2) is 59.4 Å². The molecule has 2 amide bonds. The zero-order valence-electron chi connectivity index (χ0n) is 32.1. The molecular weight excluding hydrogens is 709 g/mol. The van der Waals surface area contributed by atoms with Gasteiger partial charge in [-0.25, -0.2) is 19.4 Å². The van der Waals surface area contributed by atoms with E-state index < -0.39 is 61.1 Å². The normalized spacial score (nSPS) is 16.4. The number of nitrogens with zero attached hydrogens (tertiary/aromatic N) is 2. The van der Waals surface area contributed by atoms with Crippen molar-refractivity contribution in [1.82, 2.24) is 14.9 Å². The highest BCUT2D eigenvalue weighted by Gasteiger charge is 2.51. The maximum Gasteiger partial charge on any atom is 0.412 e. The van der Waals surface area contributed by atoms with Gasteiger partial charge in [-0.1, -0.05) is 55.5 Å².